The fourth-order valence-electron chi connectivity index (χ4n) is 2.77. The Balaban J connectivity index is 2.04. The Hall–Kier alpha value is -0.580. The van der Waals surface area contributed by atoms with E-state index in [1.54, 1.807) is 0 Å². The Kier molecular flexibility index (Phi) is 5.69. The van der Waals surface area contributed by atoms with Crippen LogP contribution in [0.1, 0.15) is 44.7 Å². The molecule has 1 saturated heterocycles. The van der Waals surface area contributed by atoms with E-state index in [1.807, 2.05) is 0 Å². The summed E-state index contributed by atoms with van der Waals surface area (Å²) in [6.45, 7) is 10.9. The smallest absolute Gasteiger partial charge is 0.126 e. The van der Waals surface area contributed by atoms with Crippen LogP contribution in [0.4, 0.5) is 0 Å². The molecule has 0 amide bonds. The van der Waals surface area contributed by atoms with Crippen LogP contribution < -0.4 is 10.1 Å². The third-order valence-electron chi connectivity index (χ3n) is 3.85. The van der Waals surface area contributed by atoms with E-state index in [9.17, 15) is 0 Å². The number of hydrogen-bond acceptors (Lipinski definition) is 3. The molecule has 1 aromatic carbocycles. The van der Waals surface area contributed by atoms with Gasteiger partial charge in [-0.25, -0.2) is 0 Å². The Morgan fingerprint density at radius 1 is 1.43 bits per heavy atom. The number of halogens is 1. The van der Waals surface area contributed by atoms with Crippen molar-refractivity contribution in [3.05, 3.63) is 27.7 Å². The molecule has 1 unspecified atom stereocenters. The van der Waals surface area contributed by atoms with Gasteiger partial charge in [-0.15, -0.1) is 0 Å². The summed E-state index contributed by atoms with van der Waals surface area (Å²) in [5, 5.41) is 3.37. The second-order valence-corrected chi connectivity index (χ2v) is 7.26. The predicted molar refractivity (Wildman–Crippen MR) is 89.9 cm³/mol. The van der Waals surface area contributed by atoms with Crippen LogP contribution in [0.5, 0.6) is 5.75 Å². The normalized spacial score (nSPS) is 20.7. The van der Waals surface area contributed by atoms with E-state index in [0.717, 1.165) is 41.7 Å². The summed E-state index contributed by atoms with van der Waals surface area (Å²) in [6, 6.07) is 4.23. The second-order valence-electron chi connectivity index (χ2n) is 6.34. The van der Waals surface area contributed by atoms with Crippen molar-refractivity contribution in [2.45, 2.75) is 58.8 Å². The lowest BCUT2D eigenvalue weighted by atomic mass is 10.1. The van der Waals surface area contributed by atoms with E-state index in [0.29, 0.717) is 6.61 Å². The highest BCUT2D eigenvalue weighted by molar-refractivity contribution is 9.10. The van der Waals surface area contributed by atoms with E-state index in [4.69, 9.17) is 9.47 Å². The lowest BCUT2D eigenvalue weighted by Gasteiger charge is -2.21. The van der Waals surface area contributed by atoms with Crippen molar-refractivity contribution in [3.8, 4) is 5.75 Å². The first-order chi connectivity index (χ1) is 9.91. The molecule has 1 fully saturated rings. The highest BCUT2D eigenvalue weighted by atomic mass is 79.9. The largest absolute Gasteiger partial charge is 0.490 e. The van der Waals surface area contributed by atoms with Gasteiger partial charge in [-0.05, 0) is 57.9 Å². The van der Waals surface area contributed by atoms with Gasteiger partial charge in [0, 0.05) is 16.6 Å². The van der Waals surface area contributed by atoms with Crippen LogP contribution in [-0.2, 0) is 11.3 Å². The predicted octanol–water partition coefficient (Wildman–Crippen LogP) is 4.20. The molecule has 0 aromatic heterocycles. The molecule has 3 nitrogen and oxygen atoms in total. The van der Waals surface area contributed by atoms with Crippen LogP contribution in [0.25, 0.3) is 0 Å². The van der Waals surface area contributed by atoms with E-state index in [2.05, 4.69) is 61.1 Å². The van der Waals surface area contributed by atoms with Gasteiger partial charge in [0.05, 0.1) is 11.7 Å². The molecule has 1 aromatic rings. The van der Waals surface area contributed by atoms with Gasteiger partial charge in [-0.1, -0.05) is 22.9 Å². The van der Waals surface area contributed by atoms with Crippen LogP contribution in [-0.4, -0.2) is 24.9 Å². The van der Waals surface area contributed by atoms with Crippen LogP contribution in [0.15, 0.2) is 16.6 Å². The minimum atomic E-state index is -0.00458. The van der Waals surface area contributed by atoms with E-state index >= 15 is 0 Å². The summed E-state index contributed by atoms with van der Waals surface area (Å²) >= 11 is 3.56. The number of hydrogen-bond donors (Lipinski definition) is 1. The van der Waals surface area contributed by atoms with Crippen molar-refractivity contribution < 1.29 is 9.47 Å². The van der Waals surface area contributed by atoms with Gasteiger partial charge in [0.1, 0.15) is 12.4 Å². The van der Waals surface area contributed by atoms with Gasteiger partial charge in [0.25, 0.3) is 0 Å². The molecule has 1 aliphatic heterocycles. The molecule has 0 aliphatic carbocycles. The van der Waals surface area contributed by atoms with E-state index in [1.165, 1.54) is 5.56 Å². The zero-order chi connectivity index (χ0) is 15.5. The Morgan fingerprint density at radius 3 is 2.81 bits per heavy atom. The first-order valence-corrected chi connectivity index (χ1v) is 8.51. The van der Waals surface area contributed by atoms with Crippen molar-refractivity contribution in [2.24, 2.45) is 0 Å². The Labute approximate surface area is 136 Å². The topological polar surface area (TPSA) is 30.5 Å². The minimum absolute atomic E-state index is 0.00458. The summed E-state index contributed by atoms with van der Waals surface area (Å²) in [6.07, 6.45) is 2.38. The van der Waals surface area contributed by atoms with Crippen LogP contribution in [0, 0.1) is 6.92 Å². The average Bonchev–Trinajstić information content (AvgIpc) is 2.74. The fourth-order valence-corrected chi connectivity index (χ4v) is 3.39. The molecule has 0 saturated carbocycles. The summed E-state index contributed by atoms with van der Waals surface area (Å²) in [5.41, 5.74) is 2.35. The number of ether oxygens (including phenoxy) is 2. The first-order valence-electron chi connectivity index (χ1n) is 7.71. The highest BCUT2D eigenvalue weighted by Gasteiger charge is 2.32. The third-order valence-corrected chi connectivity index (χ3v) is 4.31. The minimum Gasteiger partial charge on any atom is -0.490 e. The zero-order valence-electron chi connectivity index (χ0n) is 13.5. The molecule has 1 atom stereocenters. The van der Waals surface area contributed by atoms with Gasteiger partial charge >= 0.3 is 0 Å². The molecule has 1 N–H and O–H groups in total. The molecule has 21 heavy (non-hydrogen) atoms. The lowest BCUT2D eigenvalue weighted by molar-refractivity contribution is -0.0328. The standard InChI is InChI=1S/C17H26BrNO2/c1-5-19-10-13-9-14(18)8-12(2)16(13)20-11-15-6-7-17(3,4)21-15/h8-9,15,19H,5-7,10-11H2,1-4H3. The number of benzene rings is 1. The molecular formula is C17H26BrNO2. The second kappa shape index (κ2) is 7.12. The Bertz CT molecular complexity index is 488. The molecule has 0 bridgehead atoms. The summed E-state index contributed by atoms with van der Waals surface area (Å²) in [7, 11) is 0. The van der Waals surface area contributed by atoms with Crippen molar-refractivity contribution in [1.82, 2.24) is 5.32 Å². The molecular weight excluding hydrogens is 330 g/mol. The van der Waals surface area contributed by atoms with Gasteiger partial charge in [-0.3, -0.25) is 0 Å². The fraction of sp³-hybridized carbons (Fsp3) is 0.647. The zero-order valence-corrected chi connectivity index (χ0v) is 15.0. The lowest BCUT2D eigenvalue weighted by Crippen LogP contribution is -2.24. The van der Waals surface area contributed by atoms with Crippen molar-refractivity contribution in [2.75, 3.05) is 13.2 Å². The van der Waals surface area contributed by atoms with Crippen molar-refractivity contribution >= 4 is 15.9 Å². The van der Waals surface area contributed by atoms with Gasteiger partial charge in [0.15, 0.2) is 0 Å². The van der Waals surface area contributed by atoms with Crippen LogP contribution in [0.3, 0.4) is 0 Å². The van der Waals surface area contributed by atoms with Crippen molar-refractivity contribution in [1.29, 1.82) is 0 Å². The summed E-state index contributed by atoms with van der Waals surface area (Å²) in [5.74, 6) is 0.993. The maximum atomic E-state index is 6.11. The Morgan fingerprint density at radius 2 is 2.19 bits per heavy atom. The number of rotatable bonds is 6. The van der Waals surface area contributed by atoms with E-state index < -0.39 is 0 Å². The van der Waals surface area contributed by atoms with Gasteiger partial charge in [0.2, 0.25) is 0 Å². The van der Waals surface area contributed by atoms with Crippen LogP contribution >= 0.6 is 15.9 Å². The molecule has 4 heteroatoms. The SMILES string of the molecule is CCNCc1cc(Br)cc(C)c1OCC1CCC(C)(C)O1. The first kappa shape index (κ1) is 16.8. The maximum absolute atomic E-state index is 6.11. The molecule has 2 rings (SSSR count). The molecule has 0 radical (unpaired) electrons. The van der Waals surface area contributed by atoms with Crippen molar-refractivity contribution in [3.63, 3.8) is 0 Å². The highest BCUT2D eigenvalue weighted by Crippen LogP contribution is 2.32. The summed E-state index contributed by atoms with van der Waals surface area (Å²) in [4.78, 5) is 0. The summed E-state index contributed by atoms with van der Waals surface area (Å²) < 4.78 is 13.2. The van der Waals surface area contributed by atoms with Gasteiger partial charge in [-0.2, -0.15) is 0 Å². The van der Waals surface area contributed by atoms with E-state index in [-0.39, 0.29) is 11.7 Å². The quantitative estimate of drug-likeness (QED) is 0.829. The average molecular weight is 356 g/mol. The monoisotopic (exact) mass is 355 g/mol. The third kappa shape index (κ3) is 4.70. The number of aryl methyl sites for hydroxylation is 1. The molecule has 118 valence electrons. The number of nitrogens with one attached hydrogen (secondary N) is 1. The van der Waals surface area contributed by atoms with Crippen LogP contribution in [0.2, 0.25) is 0 Å². The molecule has 0 spiro atoms. The molecule has 1 heterocycles. The van der Waals surface area contributed by atoms with Gasteiger partial charge < -0.3 is 14.8 Å². The molecule has 1 aliphatic rings. The maximum Gasteiger partial charge on any atom is 0.126 e.